The van der Waals surface area contributed by atoms with Gasteiger partial charge in [0.1, 0.15) is 11.6 Å². The van der Waals surface area contributed by atoms with E-state index >= 15 is 0 Å². The molecule has 13 nitrogen and oxygen atoms in total. The molecule has 2 amide bonds. The van der Waals surface area contributed by atoms with Crippen LogP contribution in [0.5, 0.6) is 0 Å². The van der Waals surface area contributed by atoms with E-state index in [0.29, 0.717) is 43.5 Å². The Labute approximate surface area is 242 Å². The van der Waals surface area contributed by atoms with Crippen LogP contribution in [-0.2, 0) is 25.4 Å². The van der Waals surface area contributed by atoms with Gasteiger partial charge in [-0.15, -0.1) is 0 Å². The summed E-state index contributed by atoms with van der Waals surface area (Å²) in [6, 6.07) is 9.81. The fourth-order valence-electron chi connectivity index (χ4n) is 5.86. The van der Waals surface area contributed by atoms with Gasteiger partial charge in [-0.05, 0) is 44.5 Å². The maximum Gasteiger partial charge on any atom is 0.413 e. The molecule has 5 aromatic rings. The molecule has 218 valence electrons. The minimum atomic E-state index is -1.11. The smallest absolute Gasteiger partial charge is 0.413 e. The fourth-order valence-corrected chi connectivity index (χ4v) is 5.86. The minimum absolute atomic E-state index is 0.0389. The summed E-state index contributed by atoms with van der Waals surface area (Å²) in [4.78, 5) is 35.0. The second kappa shape index (κ2) is 10.2. The first-order chi connectivity index (χ1) is 20.0. The lowest BCUT2D eigenvalue weighted by atomic mass is 10.0. The topological polar surface area (TPSA) is 130 Å². The van der Waals surface area contributed by atoms with Crippen LogP contribution in [0.25, 0.3) is 27.7 Å². The molecule has 1 fully saturated rings. The van der Waals surface area contributed by atoms with Crippen molar-refractivity contribution in [2.75, 3.05) is 36.0 Å². The quantitative estimate of drug-likeness (QED) is 0.341. The van der Waals surface area contributed by atoms with E-state index in [4.69, 9.17) is 10.1 Å². The third-order valence-electron chi connectivity index (χ3n) is 8.03. The SMILES string of the molecule is CC(=O)N1CCN(c2cc(N(Cc3cc(C)nn3C)C(=O)O)n3nc(C)c(-c4ccc5c(c4)c(C)nn5C)c3n2)CC1. The number of aromatic nitrogens is 7. The van der Waals surface area contributed by atoms with Crippen LogP contribution in [0.15, 0.2) is 30.3 Å². The molecular formula is C29H34N10O3. The number of anilines is 2. The number of carbonyl (C=O) groups excluding carboxylic acids is 1. The lowest BCUT2D eigenvalue weighted by Crippen LogP contribution is -2.48. The standard InChI is InChI=1S/C29H34N10O3/c1-17-13-22(34(5)31-17)16-38(29(41)42)26-15-25(37-11-9-36(10-12-37)20(4)40)30-28-27(19(3)33-39(26)28)21-7-8-24-23(14-21)18(2)32-35(24)6/h7-8,13-15H,9-12,16H2,1-6H3,(H,41,42). The van der Waals surface area contributed by atoms with Crippen molar-refractivity contribution in [2.45, 2.75) is 34.2 Å². The molecule has 42 heavy (non-hydrogen) atoms. The summed E-state index contributed by atoms with van der Waals surface area (Å²) in [5, 5.41) is 25.3. The third kappa shape index (κ3) is 4.60. The van der Waals surface area contributed by atoms with Crippen LogP contribution in [0, 0.1) is 20.8 Å². The van der Waals surface area contributed by atoms with E-state index in [1.54, 1.807) is 29.2 Å². The summed E-state index contributed by atoms with van der Waals surface area (Å²) >= 11 is 0. The lowest BCUT2D eigenvalue weighted by molar-refractivity contribution is -0.129. The summed E-state index contributed by atoms with van der Waals surface area (Å²) < 4.78 is 5.17. The van der Waals surface area contributed by atoms with Crippen molar-refractivity contribution in [3.05, 3.63) is 53.1 Å². The van der Waals surface area contributed by atoms with E-state index in [2.05, 4.69) is 21.2 Å². The Morgan fingerprint density at radius 1 is 0.929 bits per heavy atom. The molecule has 1 saturated heterocycles. The van der Waals surface area contributed by atoms with Gasteiger partial charge in [0.25, 0.3) is 0 Å². The summed E-state index contributed by atoms with van der Waals surface area (Å²) in [5.41, 5.74) is 6.53. The van der Waals surface area contributed by atoms with Gasteiger partial charge in [-0.3, -0.25) is 19.1 Å². The number of hydrogen-bond acceptors (Lipinski definition) is 7. The molecule has 5 heterocycles. The van der Waals surface area contributed by atoms with Crippen molar-refractivity contribution in [3.8, 4) is 11.1 Å². The lowest BCUT2D eigenvalue weighted by Gasteiger charge is -2.35. The van der Waals surface area contributed by atoms with Gasteiger partial charge in [-0.25, -0.2) is 9.78 Å². The van der Waals surface area contributed by atoms with Crippen LogP contribution in [0.2, 0.25) is 0 Å². The van der Waals surface area contributed by atoms with Gasteiger partial charge in [-0.2, -0.15) is 19.8 Å². The normalized spacial score (nSPS) is 13.9. The number of fused-ring (bicyclic) bond motifs is 2. The van der Waals surface area contributed by atoms with E-state index < -0.39 is 6.09 Å². The molecule has 1 N–H and O–H groups in total. The summed E-state index contributed by atoms with van der Waals surface area (Å²) in [6.07, 6.45) is -1.11. The Hall–Kier alpha value is -4.94. The van der Waals surface area contributed by atoms with E-state index in [0.717, 1.165) is 44.8 Å². The Balaban J connectivity index is 1.54. The minimum Gasteiger partial charge on any atom is -0.465 e. The van der Waals surface area contributed by atoms with Crippen molar-refractivity contribution in [3.63, 3.8) is 0 Å². The predicted octanol–water partition coefficient (Wildman–Crippen LogP) is 3.29. The van der Waals surface area contributed by atoms with Gasteiger partial charge in [0.2, 0.25) is 5.91 Å². The maximum atomic E-state index is 12.8. The molecule has 6 rings (SSSR count). The molecule has 1 aliphatic rings. The van der Waals surface area contributed by atoms with Crippen molar-refractivity contribution in [2.24, 2.45) is 14.1 Å². The molecule has 0 saturated carbocycles. The first kappa shape index (κ1) is 27.2. The number of rotatable bonds is 5. The van der Waals surface area contributed by atoms with E-state index in [1.807, 2.05) is 55.6 Å². The Morgan fingerprint density at radius 3 is 2.31 bits per heavy atom. The molecule has 0 atom stereocenters. The molecule has 1 aliphatic heterocycles. The first-order valence-corrected chi connectivity index (χ1v) is 13.9. The fraction of sp³-hybridized carbons (Fsp3) is 0.379. The van der Waals surface area contributed by atoms with Gasteiger partial charge in [-0.1, -0.05) is 6.07 Å². The Kier molecular flexibility index (Phi) is 6.59. The van der Waals surface area contributed by atoms with Gasteiger partial charge >= 0.3 is 6.09 Å². The van der Waals surface area contributed by atoms with Gasteiger partial charge in [0.05, 0.1) is 34.8 Å². The number of hydrogen-bond donors (Lipinski definition) is 1. The first-order valence-electron chi connectivity index (χ1n) is 13.9. The van der Waals surface area contributed by atoms with Crippen LogP contribution in [0.1, 0.15) is 29.7 Å². The summed E-state index contributed by atoms with van der Waals surface area (Å²) in [7, 11) is 3.73. The van der Waals surface area contributed by atoms with E-state index in [-0.39, 0.29) is 12.5 Å². The van der Waals surface area contributed by atoms with Gasteiger partial charge in [0, 0.05) is 64.2 Å². The monoisotopic (exact) mass is 570 g/mol. The third-order valence-corrected chi connectivity index (χ3v) is 8.03. The van der Waals surface area contributed by atoms with Crippen LogP contribution in [0.3, 0.4) is 0 Å². The number of nitrogens with zero attached hydrogens (tertiary/aromatic N) is 10. The zero-order valence-corrected chi connectivity index (χ0v) is 24.7. The van der Waals surface area contributed by atoms with Gasteiger partial charge < -0.3 is 14.9 Å². The number of amides is 2. The predicted molar refractivity (Wildman–Crippen MR) is 159 cm³/mol. The number of piperazine rings is 1. The molecule has 4 aromatic heterocycles. The second-order valence-corrected chi connectivity index (χ2v) is 10.9. The molecule has 0 spiro atoms. The molecule has 13 heteroatoms. The average Bonchev–Trinajstić information content (AvgIpc) is 3.56. The highest BCUT2D eigenvalue weighted by Gasteiger charge is 2.27. The van der Waals surface area contributed by atoms with Crippen LogP contribution >= 0.6 is 0 Å². The Morgan fingerprint density at radius 2 is 1.67 bits per heavy atom. The zero-order chi connectivity index (χ0) is 29.9. The number of benzene rings is 1. The number of carboxylic acid groups (broad SMARTS) is 1. The second-order valence-electron chi connectivity index (χ2n) is 10.9. The van der Waals surface area contributed by atoms with Crippen molar-refractivity contribution >= 4 is 40.2 Å². The molecule has 0 bridgehead atoms. The van der Waals surface area contributed by atoms with Crippen molar-refractivity contribution in [1.29, 1.82) is 0 Å². The highest BCUT2D eigenvalue weighted by Crippen LogP contribution is 2.35. The largest absolute Gasteiger partial charge is 0.465 e. The maximum absolute atomic E-state index is 12.8. The molecule has 1 aromatic carbocycles. The van der Waals surface area contributed by atoms with E-state index in [9.17, 15) is 14.7 Å². The van der Waals surface area contributed by atoms with Crippen LogP contribution in [0.4, 0.5) is 16.4 Å². The highest BCUT2D eigenvalue weighted by atomic mass is 16.4. The molecule has 0 aliphatic carbocycles. The number of aryl methyl sites for hydroxylation is 5. The molecular weight excluding hydrogens is 536 g/mol. The van der Waals surface area contributed by atoms with E-state index in [1.165, 1.54) is 4.90 Å². The summed E-state index contributed by atoms with van der Waals surface area (Å²) in [5.74, 6) is 1.05. The zero-order valence-electron chi connectivity index (χ0n) is 24.7. The average molecular weight is 571 g/mol. The highest BCUT2D eigenvalue weighted by molar-refractivity contribution is 5.92. The van der Waals surface area contributed by atoms with Crippen molar-refractivity contribution in [1.82, 2.24) is 39.1 Å². The number of carbonyl (C=O) groups is 2. The summed E-state index contributed by atoms with van der Waals surface area (Å²) in [6.45, 7) is 9.72. The van der Waals surface area contributed by atoms with Gasteiger partial charge in [0.15, 0.2) is 5.65 Å². The Bertz CT molecular complexity index is 1860. The molecule has 0 radical (unpaired) electrons. The van der Waals surface area contributed by atoms with Crippen molar-refractivity contribution < 1.29 is 14.7 Å². The van der Waals surface area contributed by atoms with Crippen LogP contribution in [-0.4, -0.2) is 82.3 Å². The van der Waals surface area contributed by atoms with Crippen LogP contribution < -0.4 is 9.80 Å². The molecule has 0 unspecified atom stereocenters.